The summed E-state index contributed by atoms with van der Waals surface area (Å²) in [6.07, 6.45) is 2.77. The number of unbranched alkanes of at least 4 members (excludes halogenated alkanes) is 2. The molecule has 1 aromatic rings. The van der Waals surface area contributed by atoms with Crippen molar-refractivity contribution in [3.05, 3.63) is 33.8 Å². The lowest BCUT2D eigenvalue weighted by Crippen LogP contribution is -2.46. The second kappa shape index (κ2) is 8.54. The summed E-state index contributed by atoms with van der Waals surface area (Å²) < 4.78 is 0. The van der Waals surface area contributed by atoms with E-state index in [1.54, 1.807) is 0 Å². The standard InChI is InChI=1S/C17H20Cl2N2O4/c1-2-3-4-7-21-9-11(17(24)25)14(16(21)23)20-15(22)10-5-6-12(18)13(19)8-10/h5-6,8,11,14H,2-4,7,9H2,1H3,(H,20,22)(H,24,25)/t11-,14-/m1/s1. The van der Waals surface area contributed by atoms with Gasteiger partial charge >= 0.3 is 5.97 Å². The molecule has 0 bridgehead atoms. The van der Waals surface area contributed by atoms with Gasteiger partial charge in [-0.2, -0.15) is 0 Å². The summed E-state index contributed by atoms with van der Waals surface area (Å²) in [4.78, 5) is 37.9. The van der Waals surface area contributed by atoms with E-state index in [4.69, 9.17) is 23.2 Å². The minimum absolute atomic E-state index is 0.101. The Morgan fingerprint density at radius 2 is 2.00 bits per heavy atom. The maximum atomic E-state index is 12.5. The van der Waals surface area contributed by atoms with Crippen molar-refractivity contribution in [2.45, 2.75) is 32.2 Å². The van der Waals surface area contributed by atoms with Gasteiger partial charge in [0.15, 0.2) is 0 Å². The number of halogens is 2. The topological polar surface area (TPSA) is 86.7 Å². The normalized spacial score (nSPS) is 20.0. The molecule has 0 aliphatic carbocycles. The van der Waals surface area contributed by atoms with Crippen LogP contribution in [0.25, 0.3) is 0 Å². The molecular weight excluding hydrogens is 367 g/mol. The van der Waals surface area contributed by atoms with E-state index in [9.17, 15) is 19.5 Å². The second-order valence-corrected chi connectivity index (χ2v) is 6.83. The lowest BCUT2D eigenvalue weighted by atomic mass is 10.0. The molecule has 0 radical (unpaired) electrons. The van der Waals surface area contributed by atoms with Crippen molar-refractivity contribution in [1.29, 1.82) is 0 Å². The summed E-state index contributed by atoms with van der Waals surface area (Å²) in [5.41, 5.74) is 0.218. The highest BCUT2D eigenvalue weighted by molar-refractivity contribution is 6.42. The van der Waals surface area contributed by atoms with Crippen molar-refractivity contribution in [1.82, 2.24) is 10.2 Å². The molecule has 1 heterocycles. The monoisotopic (exact) mass is 386 g/mol. The molecule has 8 heteroatoms. The van der Waals surface area contributed by atoms with Crippen LogP contribution in [-0.4, -0.2) is 46.9 Å². The average molecular weight is 387 g/mol. The molecule has 2 amide bonds. The number of likely N-dealkylation sites (tertiary alicyclic amines) is 1. The molecule has 0 unspecified atom stereocenters. The molecule has 136 valence electrons. The minimum Gasteiger partial charge on any atom is -0.481 e. The second-order valence-electron chi connectivity index (χ2n) is 6.02. The van der Waals surface area contributed by atoms with Crippen LogP contribution in [-0.2, 0) is 9.59 Å². The van der Waals surface area contributed by atoms with E-state index in [0.717, 1.165) is 19.3 Å². The van der Waals surface area contributed by atoms with Crippen LogP contribution in [0.5, 0.6) is 0 Å². The van der Waals surface area contributed by atoms with Crippen LogP contribution in [0.2, 0.25) is 10.0 Å². The fourth-order valence-electron chi connectivity index (χ4n) is 2.80. The third kappa shape index (κ3) is 4.64. The smallest absolute Gasteiger partial charge is 0.310 e. The minimum atomic E-state index is -1.11. The van der Waals surface area contributed by atoms with E-state index in [1.165, 1.54) is 23.1 Å². The maximum absolute atomic E-state index is 12.5. The van der Waals surface area contributed by atoms with Crippen molar-refractivity contribution in [3.63, 3.8) is 0 Å². The quantitative estimate of drug-likeness (QED) is 0.705. The molecular formula is C17H20Cl2N2O4. The molecule has 2 rings (SSSR count). The lowest BCUT2D eigenvalue weighted by molar-refractivity contribution is -0.142. The summed E-state index contributed by atoms with van der Waals surface area (Å²) in [5, 5.41) is 12.4. The predicted molar refractivity (Wildman–Crippen MR) is 94.9 cm³/mol. The van der Waals surface area contributed by atoms with Crippen molar-refractivity contribution in [2.75, 3.05) is 13.1 Å². The number of nitrogens with one attached hydrogen (secondary N) is 1. The van der Waals surface area contributed by atoms with Crippen molar-refractivity contribution >= 4 is 41.0 Å². The summed E-state index contributed by atoms with van der Waals surface area (Å²) in [5.74, 6) is -3.00. The van der Waals surface area contributed by atoms with Gasteiger partial charge in [-0.25, -0.2) is 0 Å². The number of carbonyl (C=O) groups excluding carboxylic acids is 2. The number of hydrogen-bond donors (Lipinski definition) is 2. The van der Waals surface area contributed by atoms with Gasteiger partial charge < -0.3 is 15.3 Å². The Balaban J connectivity index is 2.11. The Morgan fingerprint density at radius 1 is 1.28 bits per heavy atom. The third-order valence-electron chi connectivity index (χ3n) is 4.21. The van der Waals surface area contributed by atoms with Gasteiger partial charge in [0.1, 0.15) is 12.0 Å². The first-order valence-electron chi connectivity index (χ1n) is 8.12. The zero-order valence-electron chi connectivity index (χ0n) is 13.8. The van der Waals surface area contributed by atoms with Crippen LogP contribution in [0.4, 0.5) is 0 Å². The molecule has 2 N–H and O–H groups in total. The first-order valence-corrected chi connectivity index (χ1v) is 8.88. The van der Waals surface area contributed by atoms with Gasteiger partial charge in [0.2, 0.25) is 5.91 Å². The van der Waals surface area contributed by atoms with E-state index in [1.807, 2.05) is 6.92 Å². The van der Waals surface area contributed by atoms with Crippen molar-refractivity contribution < 1.29 is 19.5 Å². The molecule has 1 aromatic carbocycles. The Bertz CT molecular complexity index is 681. The zero-order chi connectivity index (χ0) is 18.6. The molecule has 1 fully saturated rings. The predicted octanol–water partition coefficient (Wildman–Crippen LogP) is 2.83. The molecule has 1 aliphatic heterocycles. The van der Waals surface area contributed by atoms with Crippen LogP contribution in [0.3, 0.4) is 0 Å². The average Bonchev–Trinajstić information content (AvgIpc) is 2.87. The molecule has 1 aliphatic rings. The van der Waals surface area contributed by atoms with Gasteiger partial charge in [-0.05, 0) is 24.6 Å². The first kappa shape index (κ1) is 19.5. The maximum Gasteiger partial charge on any atom is 0.310 e. The first-order chi connectivity index (χ1) is 11.8. The van der Waals surface area contributed by atoms with Gasteiger partial charge in [-0.1, -0.05) is 43.0 Å². The number of hydrogen-bond acceptors (Lipinski definition) is 3. The molecule has 6 nitrogen and oxygen atoms in total. The highest BCUT2D eigenvalue weighted by Gasteiger charge is 2.45. The molecule has 25 heavy (non-hydrogen) atoms. The van der Waals surface area contributed by atoms with Crippen LogP contribution in [0.1, 0.15) is 36.5 Å². The summed E-state index contributed by atoms with van der Waals surface area (Å²) >= 11 is 11.7. The summed E-state index contributed by atoms with van der Waals surface area (Å²) in [7, 11) is 0. The molecule has 0 aromatic heterocycles. The Hall–Kier alpha value is -1.79. The van der Waals surface area contributed by atoms with Crippen molar-refractivity contribution in [3.8, 4) is 0 Å². The van der Waals surface area contributed by atoms with Crippen LogP contribution in [0.15, 0.2) is 18.2 Å². The van der Waals surface area contributed by atoms with Gasteiger partial charge in [0, 0.05) is 18.7 Å². The highest BCUT2D eigenvalue weighted by atomic mass is 35.5. The fraction of sp³-hybridized carbons (Fsp3) is 0.471. The van der Waals surface area contributed by atoms with E-state index < -0.39 is 23.8 Å². The number of benzene rings is 1. The fourth-order valence-corrected chi connectivity index (χ4v) is 3.10. The number of carbonyl (C=O) groups is 3. The number of nitrogens with zero attached hydrogens (tertiary/aromatic N) is 1. The van der Waals surface area contributed by atoms with E-state index >= 15 is 0 Å². The Morgan fingerprint density at radius 3 is 2.60 bits per heavy atom. The largest absolute Gasteiger partial charge is 0.481 e. The third-order valence-corrected chi connectivity index (χ3v) is 4.95. The molecule has 0 saturated carbocycles. The van der Waals surface area contributed by atoms with Gasteiger partial charge in [-0.15, -0.1) is 0 Å². The number of carboxylic acids is 1. The van der Waals surface area contributed by atoms with E-state index in [-0.39, 0.29) is 23.0 Å². The van der Waals surface area contributed by atoms with Crippen LogP contribution in [0, 0.1) is 5.92 Å². The number of aliphatic carboxylic acids is 1. The van der Waals surface area contributed by atoms with Crippen LogP contribution >= 0.6 is 23.2 Å². The van der Waals surface area contributed by atoms with Gasteiger partial charge in [0.05, 0.1) is 10.0 Å². The zero-order valence-corrected chi connectivity index (χ0v) is 15.3. The Labute approximate surface area is 156 Å². The molecule has 1 saturated heterocycles. The number of amides is 2. The molecule has 2 atom stereocenters. The van der Waals surface area contributed by atoms with E-state index in [0.29, 0.717) is 11.6 Å². The van der Waals surface area contributed by atoms with Gasteiger partial charge in [-0.3, -0.25) is 14.4 Å². The van der Waals surface area contributed by atoms with E-state index in [2.05, 4.69) is 5.32 Å². The SMILES string of the molecule is CCCCCN1C[C@@H](C(=O)O)[C@@H](NC(=O)c2ccc(Cl)c(Cl)c2)C1=O. The van der Waals surface area contributed by atoms with Crippen molar-refractivity contribution in [2.24, 2.45) is 5.92 Å². The number of carboxylic acid groups (broad SMARTS) is 1. The van der Waals surface area contributed by atoms with Crippen LogP contribution < -0.4 is 5.32 Å². The Kier molecular flexibility index (Phi) is 6.67. The number of rotatable bonds is 7. The molecule has 0 spiro atoms. The highest BCUT2D eigenvalue weighted by Crippen LogP contribution is 2.24. The summed E-state index contributed by atoms with van der Waals surface area (Å²) in [6, 6.07) is 3.24. The van der Waals surface area contributed by atoms with Gasteiger partial charge in [0.25, 0.3) is 5.91 Å². The summed E-state index contributed by atoms with van der Waals surface area (Å²) in [6.45, 7) is 2.64. The lowest BCUT2D eigenvalue weighted by Gasteiger charge is -2.17.